The minimum atomic E-state index is -3.47. The number of nitrogens with two attached hydrogens (primary N) is 1. The number of rotatable bonds is 5. The van der Waals surface area contributed by atoms with Gasteiger partial charge in [-0.1, -0.05) is 30.3 Å². The van der Waals surface area contributed by atoms with E-state index in [9.17, 15) is 13.2 Å². The van der Waals surface area contributed by atoms with E-state index in [1.54, 1.807) is 0 Å². The van der Waals surface area contributed by atoms with Crippen molar-refractivity contribution in [2.45, 2.75) is 24.7 Å². The lowest BCUT2D eigenvalue weighted by molar-refractivity contribution is -0.146. The first kappa shape index (κ1) is 15.9. The first-order chi connectivity index (χ1) is 9.95. The second kappa shape index (κ2) is 7.02. The highest BCUT2D eigenvalue weighted by atomic mass is 32.2. The minimum Gasteiger partial charge on any atom is -0.460 e. The van der Waals surface area contributed by atoms with Crippen LogP contribution in [0, 0.1) is 0 Å². The number of carbonyl (C=O) groups excluding carboxylic acids is 1. The molecule has 0 unspecified atom stereocenters. The number of carbonyl (C=O) groups is 1. The third kappa shape index (κ3) is 5.11. The average Bonchev–Trinajstić information content (AvgIpc) is 2.46. The lowest BCUT2D eigenvalue weighted by Crippen LogP contribution is -2.43. The van der Waals surface area contributed by atoms with Crippen LogP contribution in [-0.2, 0) is 26.2 Å². The Balaban J connectivity index is 1.72. The Morgan fingerprint density at radius 1 is 1.24 bits per heavy atom. The molecule has 1 aromatic rings. The molecule has 0 radical (unpaired) electrons. The van der Waals surface area contributed by atoms with Gasteiger partial charge in [0, 0.05) is 13.1 Å². The van der Waals surface area contributed by atoms with Crippen LogP contribution in [0.25, 0.3) is 0 Å². The van der Waals surface area contributed by atoms with E-state index >= 15 is 0 Å². The summed E-state index contributed by atoms with van der Waals surface area (Å²) in [5.41, 5.74) is 0.943. The summed E-state index contributed by atoms with van der Waals surface area (Å²) in [5.74, 6) is -0.298. The number of piperidine rings is 1. The number of hydrogen-bond acceptors (Lipinski definition) is 5. The van der Waals surface area contributed by atoms with Gasteiger partial charge in [-0.3, -0.25) is 9.69 Å². The van der Waals surface area contributed by atoms with Crippen molar-refractivity contribution in [3.8, 4) is 0 Å². The standard InChI is InChI=1S/C14H20N2O4S/c15-21(18,19)13-6-8-16(9-7-13)10-14(17)20-11-12-4-2-1-3-5-12/h1-5,13H,6-11H2,(H2,15,18,19). The van der Waals surface area contributed by atoms with Gasteiger partial charge in [0.25, 0.3) is 0 Å². The van der Waals surface area contributed by atoms with Gasteiger partial charge in [0.15, 0.2) is 0 Å². The molecule has 6 nitrogen and oxygen atoms in total. The van der Waals surface area contributed by atoms with Crippen molar-refractivity contribution < 1.29 is 17.9 Å². The number of sulfonamides is 1. The fourth-order valence-electron chi connectivity index (χ4n) is 2.36. The first-order valence-electron chi connectivity index (χ1n) is 6.88. The van der Waals surface area contributed by atoms with E-state index in [1.807, 2.05) is 35.2 Å². The molecule has 116 valence electrons. The van der Waals surface area contributed by atoms with Crippen LogP contribution < -0.4 is 5.14 Å². The van der Waals surface area contributed by atoms with Crippen molar-refractivity contribution in [1.82, 2.24) is 4.90 Å². The van der Waals surface area contributed by atoms with Gasteiger partial charge in [-0.2, -0.15) is 0 Å². The van der Waals surface area contributed by atoms with Crippen molar-refractivity contribution >= 4 is 16.0 Å². The molecule has 0 atom stereocenters. The Morgan fingerprint density at radius 2 is 1.86 bits per heavy atom. The molecule has 2 rings (SSSR count). The molecule has 1 aliphatic rings. The lowest BCUT2D eigenvalue weighted by atomic mass is 10.1. The SMILES string of the molecule is NS(=O)(=O)C1CCN(CC(=O)OCc2ccccc2)CC1. The number of esters is 1. The number of likely N-dealkylation sites (tertiary alicyclic amines) is 1. The highest BCUT2D eigenvalue weighted by Crippen LogP contribution is 2.15. The minimum absolute atomic E-state index is 0.185. The molecule has 1 heterocycles. The Hall–Kier alpha value is -1.44. The maximum Gasteiger partial charge on any atom is 0.320 e. The van der Waals surface area contributed by atoms with Gasteiger partial charge >= 0.3 is 5.97 Å². The average molecular weight is 312 g/mol. The van der Waals surface area contributed by atoms with Gasteiger partial charge < -0.3 is 4.74 Å². The van der Waals surface area contributed by atoms with Gasteiger partial charge in [-0.05, 0) is 18.4 Å². The Labute approximate surface area is 124 Å². The van der Waals surface area contributed by atoms with Gasteiger partial charge in [0.2, 0.25) is 10.0 Å². The van der Waals surface area contributed by atoms with Crippen LogP contribution in [0.4, 0.5) is 0 Å². The van der Waals surface area contributed by atoms with E-state index in [2.05, 4.69) is 0 Å². The molecule has 0 spiro atoms. The smallest absolute Gasteiger partial charge is 0.320 e. The summed E-state index contributed by atoms with van der Waals surface area (Å²) in [6.07, 6.45) is 0.926. The van der Waals surface area contributed by atoms with E-state index < -0.39 is 15.3 Å². The van der Waals surface area contributed by atoms with Crippen LogP contribution in [0.2, 0.25) is 0 Å². The van der Waals surface area contributed by atoms with E-state index in [4.69, 9.17) is 9.88 Å². The zero-order valence-corrected chi connectivity index (χ0v) is 12.6. The van der Waals surface area contributed by atoms with Crippen LogP contribution in [0.3, 0.4) is 0 Å². The summed E-state index contributed by atoms with van der Waals surface area (Å²) in [7, 11) is -3.47. The van der Waals surface area contributed by atoms with Crippen LogP contribution in [0.5, 0.6) is 0 Å². The molecule has 0 saturated carbocycles. The summed E-state index contributed by atoms with van der Waals surface area (Å²) in [4.78, 5) is 13.7. The second-order valence-corrected chi connectivity index (χ2v) is 7.06. The molecule has 0 aromatic heterocycles. The Morgan fingerprint density at radius 3 is 2.43 bits per heavy atom. The zero-order chi connectivity index (χ0) is 15.3. The molecular formula is C14H20N2O4S. The van der Waals surface area contributed by atoms with Crippen LogP contribution in [-0.4, -0.2) is 44.2 Å². The van der Waals surface area contributed by atoms with Gasteiger partial charge in [-0.15, -0.1) is 0 Å². The van der Waals surface area contributed by atoms with E-state index in [1.165, 1.54) is 0 Å². The molecular weight excluding hydrogens is 292 g/mol. The number of benzene rings is 1. The van der Waals surface area contributed by atoms with Crippen molar-refractivity contribution in [3.05, 3.63) is 35.9 Å². The molecule has 1 fully saturated rings. The zero-order valence-electron chi connectivity index (χ0n) is 11.8. The number of primary sulfonamides is 1. The monoisotopic (exact) mass is 312 g/mol. The summed E-state index contributed by atoms with van der Waals surface area (Å²) in [5, 5.41) is 4.64. The van der Waals surface area contributed by atoms with E-state index in [-0.39, 0.29) is 19.1 Å². The third-order valence-electron chi connectivity index (χ3n) is 3.59. The fourth-order valence-corrected chi connectivity index (χ4v) is 3.23. The lowest BCUT2D eigenvalue weighted by Gasteiger charge is -2.29. The summed E-state index contributed by atoms with van der Waals surface area (Å²) in [6.45, 7) is 1.53. The molecule has 1 aliphatic heterocycles. The molecule has 21 heavy (non-hydrogen) atoms. The van der Waals surface area contributed by atoms with Gasteiger partial charge in [-0.25, -0.2) is 13.6 Å². The summed E-state index contributed by atoms with van der Waals surface area (Å²) in [6, 6.07) is 9.47. The topological polar surface area (TPSA) is 89.7 Å². The molecule has 2 N–H and O–H groups in total. The maximum absolute atomic E-state index is 11.8. The van der Waals surface area contributed by atoms with Gasteiger partial charge in [0.05, 0.1) is 11.8 Å². The molecule has 0 bridgehead atoms. The van der Waals surface area contributed by atoms with Crippen molar-refractivity contribution in [2.75, 3.05) is 19.6 Å². The molecule has 7 heteroatoms. The molecule has 1 saturated heterocycles. The molecule has 0 amide bonds. The largest absolute Gasteiger partial charge is 0.460 e. The molecule has 1 aromatic carbocycles. The summed E-state index contributed by atoms with van der Waals surface area (Å²) >= 11 is 0. The number of hydrogen-bond donors (Lipinski definition) is 1. The maximum atomic E-state index is 11.8. The van der Waals surface area contributed by atoms with Gasteiger partial charge in [0.1, 0.15) is 6.61 Å². The van der Waals surface area contributed by atoms with Crippen molar-refractivity contribution in [3.63, 3.8) is 0 Å². The normalized spacial score (nSPS) is 17.6. The number of ether oxygens (including phenoxy) is 1. The van der Waals surface area contributed by atoms with E-state index in [0.29, 0.717) is 25.9 Å². The number of nitrogens with zero attached hydrogens (tertiary/aromatic N) is 1. The fraction of sp³-hybridized carbons (Fsp3) is 0.500. The Kier molecular flexibility index (Phi) is 5.33. The van der Waals surface area contributed by atoms with Crippen LogP contribution in [0.15, 0.2) is 30.3 Å². The van der Waals surface area contributed by atoms with Crippen molar-refractivity contribution in [2.24, 2.45) is 5.14 Å². The van der Waals surface area contributed by atoms with Crippen LogP contribution in [0.1, 0.15) is 18.4 Å². The quantitative estimate of drug-likeness (QED) is 0.799. The van der Waals surface area contributed by atoms with Crippen molar-refractivity contribution in [1.29, 1.82) is 0 Å². The second-order valence-electron chi connectivity index (χ2n) is 5.21. The van der Waals surface area contributed by atoms with Crippen LogP contribution >= 0.6 is 0 Å². The highest BCUT2D eigenvalue weighted by Gasteiger charge is 2.28. The predicted molar refractivity (Wildman–Crippen MR) is 78.8 cm³/mol. The first-order valence-corrected chi connectivity index (χ1v) is 8.49. The third-order valence-corrected chi connectivity index (χ3v) is 5.00. The predicted octanol–water partition coefficient (Wildman–Crippen LogP) is 0.483. The highest BCUT2D eigenvalue weighted by molar-refractivity contribution is 7.89. The van der Waals surface area contributed by atoms with E-state index in [0.717, 1.165) is 5.56 Å². The Bertz CT molecular complexity index is 566. The summed E-state index contributed by atoms with van der Waals surface area (Å²) < 4.78 is 27.7. The molecule has 0 aliphatic carbocycles.